The molecule has 3 rings (SSSR count). The van der Waals surface area contributed by atoms with Gasteiger partial charge in [-0.05, 0) is 18.2 Å². The fraction of sp³-hybridized carbons (Fsp3) is 0.0714. The average molecular weight is 276 g/mol. The number of H-pyrrole nitrogens is 1. The predicted molar refractivity (Wildman–Crippen MR) is 72.0 cm³/mol. The van der Waals surface area contributed by atoms with E-state index in [1.165, 1.54) is 17.8 Å². The van der Waals surface area contributed by atoms with Crippen molar-refractivity contribution in [2.45, 2.75) is 10.9 Å². The molecule has 0 spiro atoms. The Morgan fingerprint density at radius 3 is 2.74 bits per heavy atom. The van der Waals surface area contributed by atoms with E-state index >= 15 is 0 Å². The van der Waals surface area contributed by atoms with Gasteiger partial charge in [0.2, 0.25) is 0 Å². The minimum absolute atomic E-state index is 0.337. The lowest BCUT2D eigenvalue weighted by Gasteiger charge is -2.01. The number of nitrogens with zero attached hydrogens (tertiary/aromatic N) is 1. The highest BCUT2D eigenvalue weighted by Gasteiger charge is 2.09. The zero-order chi connectivity index (χ0) is 13.2. The van der Waals surface area contributed by atoms with Crippen molar-refractivity contribution in [3.05, 3.63) is 59.7 Å². The Morgan fingerprint density at radius 2 is 1.89 bits per heavy atom. The Hall–Kier alpha value is -1.88. The second-order valence-electron chi connectivity index (χ2n) is 4.06. The van der Waals surface area contributed by atoms with Gasteiger partial charge in [-0.15, -0.1) is 0 Å². The molecule has 1 aromatic heterocycles. The largest absolute Gasteiger partial charge is 0.333 e. The molecule has 2 aromatic carbocycles. The summed E-state index contributed by atoms with van der Waals surface area (Å²) in [7, 11) is 0. The fourth-order valence-electron chi connectivity index (χ4n) is 1.80. The van der Waals surface area contributed by atoms with Gasteiger partial charge in [0.1, 0.15) is 0 Å². The van der Waals surface area contributed by atoms with Crippen molar-refractivity contribution >= 4 is 22.8 Å². The molecule has 0 saturated heterocycles. The van der Waals surface area contributed by atoms with Gasteiger partial charge in [-0.25, -0.2) is 13.8 Å². The summed E-state index contributed by atoms with van der Waals surface area (Å²) in [6, 6.07) is 11.9. The van der Waals surface area contributed by atoms with Crippen molar-refractivity contribution in [2.75, 3.05) is 0 Å². The smallest absolute Gasteiger partial charge is 0.166 e. The number of nitrogens with one attached hydrogen (secondary N) is 1. The van der Waals surface area contributed by atoms with Crippen LogP contribution in [-0.2, 0) is 5.75 Å². The number of hydrogen-bond donors (Lipinski definition) is 1. The normalized spacial score (nSPS) is 11.1. The third kappa shape index (κ3) is 2.46. The number of para-hydroxylation sites is 2. The zero-order valence-corrected chi connectivity index (χ0v) is 10.7. The number of halogens is 2. The number of aromatic amines is 1. The molecule has 5 heteroatoms. The van der Waals surface area contributed by atoms with Crippen LogP contribution in [0, 0.1) is 11.6 Å². The molecular formula is C14H10F2N2S. The number of hydrogen-bond acceptors (Lipinski definition) is 2. The Balaban J connectivity index is 1.80. The maximum absolute atomic E-state index is 13.5. The average Bonchev–Trinajstić information content (AvgIpc) is 2.83. The summed E-state index contributed by atoms with van der Waals surface area (Å²) in [5.41, 5.74) is 2.14. The molecule has 19 heavy (non-hydrogen) atoms. The van der Waals surface area contributed by atoms with Crippen molar-refractivity contribution in [1.82, 2.24) is 9.97 Å². The topological polar surface area (TPSA) is 28.7 Å². The molecule has 96 valence electrons. The highest BCUT2D eigenvalue weighted by molar-refractivity contribution is 7.98. The van der Waals surface area contributed by atoms with E-state index in [0.717, 1.165) is 17.1 Å². The number of thioether (sulfide) groups is 1. The van der Waals surface area contributed by atoms with Gasteiger partial charge in [0.05, 0.1) is 11.0 Å². The molecule has 0 amide bonds. The summed E-state index contributed by atoms with van der Waals surface area (Å²) < 4.78 is 26.6. The van der Waals surface area contributed by atoms with E-state index < -0.39 is 11.6 Å². The Bertz CT molecular complexity index is 691. The number of fused-ring (bicyclic) bond motifs is 1. The highest BCUT2D eigenvalue weighted by atomic mass is 32.2. The molecule has 0 unspecified atom stereocenters. The van der Waals surface area contributed by atoms with Gasteiger partial charge in [-0.1, -0.05) is 36.0 Å². The summed E-state index contributed by atoms with van der Waals surface area (Å²) in [5.74, 6) is -1.27. The fourth-order valence-corrected chi connectivity index (χ4v) is 2.66. The van der Waals surface area contributed by atoms with Crippen LogP contribution in [0.5, 0.6) is 0 Å². The zero-order valence-electron chi connectivity index (χ0n) is 9.86. The first-order valence-corrected chi connectivity index (χ1v) is 6.73. The molecule has 0 bridgehead atoms. The summed E-state index contributed by atoms with van der Waals surface area (Å²) in [6.45, 7) is 0. The molecule has 1 heterocycles. The molecule has 0 aliphatic carbocycles. The number of benzene rings is 2. The lowest BCUT2D eigenvalue weighted by molar-refractivity contribution is 0.502. The van der Waals surface area contributed by atoms with Crippen molar-refractivity contribution in [1.29, 1.82) is 0 Å². The molecule has 3 aromatic rings. The Morgan fingerprint density at radius 1 is 1.05 bits per heavy atom. The molecular weight excluding hydrogens is 266 g/mol. The maximum Gasteiger partial charge on any atom is 0.166 e. The van der Waals surface area contributed by atoms with Crippen molar-refractivity contribution in [2.24, 2.45) is 0 Å². The van der Waals surface area contributed by atoms with Gasteiger partial charge in [-0.3, -0.25) is 0 Å². The SMILES string of the molecule is Fc1cccc(CSc2nc3ccccc3[nH]2)c1F. The summed E-state index contributed by atoms with van der Waals surface area (Å²) in [4.78, 5) is 7.51. The van der Waals surface area contributed by atoms with Crippen LogP contribution in [0.3, 0.4) is 0 Å². The number of rotatable bonds is 3. The van der Waals surface area contributed by atoms with E-state index in [0.29, 0.717) is 16.5 Å². The molecule has 0 fully saturated rings. The minimum Gasteiger partial charge on any atom is -0.333 e. The molecule has 0 atom stereocenters. The van der Waals surface area contributed by atoms with Gasteiger partial charge in [0.25, 0.3) is 0 Å². The summed E-state index contributed by atoms with van der Waals surface area (Å²) in [5, 5.41) is 0.699. The first-order chi connectivity index (χ1) is 9.24. The van der Waals surface area contributed by atoms with Gasteiger partial charge >= 0.3 is 0 Å². The minimum atomic E-state index is -0.817. The lowest BCUT2D eigenvalue weighted by Crippen LogP contribution is -1.91. The first-order valence-electron chi connectivity index (χ1n) is 5.74. The molecule has 2 nitrogen and oxygen atoms in total. The molecule has 0 saturated carbocycles. The van der Waals surface area contributed by atoms with Gasteiger partial charge in [-0.2, -0.15) is 0 Å². The van der Waals surface area contributed by atoms with E-state index in [1.807, 2.05) is 24.3 Å². The van der Waals surface area contributed by atoms with E-state index in [1.54, 1.807) is 6.07 Å². The molecule has 0 aliphatic heterocycles. The molecule has 0 aliphatic rings. The second-order valence-corrected chi connectivity index (χ2v) is 5.02. The molecule has 0 radical (unpaired) electrons. The van der Waals surface area contributed by atoms with Gasteiger partial charge < -0.3 is 4.98 Å². The van der Waals surface area contributed by atoms with Crippen LogP contribution in [0.4, 0.5) is 8.78 Å². The number of imidazole rings is 1. The van der Waals surface area contributed by atoms with Gasteiger partial charge in [0, 0.05) is 11.3 Å². The van der Waals surface area contributed by atoms with E-state index in [9.17, 15) is 8.78 Å². The van der Waals surface area contributed by atoms with Crippen LogP contribution in [-0.4, -0.2) is 9.97 Å². The maximum atomic E-state index is 13.5. The Labute approximate surface area is 112 Å². The first kappa shape index (κ1) is 12.2. The highest BCUT2D eigenvalue weighted by Crippen LogP contribution is 2.24. The monoisotopic (exact) mass is 276 g/mol. The molecule has 1 N–H and O–H groups in total. The second kappa shape index (κ2) is 5.01. The van der Waals surface area contributed by atoms with Crippen LogP contribution in [0.15, 0.2) is 47.6 Å². The van der Waals surface area contributed by atoms with E-state index in [-0.39, 0.29) is 0 Å². The summed E-state index contributed by atoms with van der Waals surface area (Å²) in [6.07, 6.45) is 0. The van der Waals surface area contributed by atoms with Crippen LogP contribution in [0.1, 0.15) is 5.56 Å². The van der Waals surface area contributed by atoms with Crippen LogP contribution < -0.4 is 0 Å². The van der Waals surface area contributed by atoms with Crippen LogP contribution in [0.2, 0.25) is 0 Å². The van der Waals surface area contributed by atoms with E-state index in [4.69, 9.17) is 0 Å². The Kier molecular flexibility index (Phi) is 3.21. The quantitative estimate of drug-likeness (QED) is 0.728. The van der Waals surface area contributed by atoms with Crippen LogP contribution in [0.25, 0.3) is 11.0 Å². The lowest BCUT2D eigenvalue weighted by atomic mass is 10.2. The predicted octanol–water partition coefficient (Wildman–Crippen LogP) is 4.13. The van der Waals surface area contributed by atoms with Crippen LogP contribution >= 0.6 is 11.8 Å². The standard InChI is InChI=1S/C14H10F2N2S/c15-10-5-3-4-9(13(10)16)8-19-14-17-11-6-1-2-7-12(11)18-14/h1-7H,8H2,(H,17,18). The third-order valence-electron chi connectivity index (χ3n) is 2.76. The van der Waals surface area contributed by atoms with Crippen molar-refractivity contribution in [3.63, 3.8) is 0 Å². The van der Waals surface area contributed by atoms with Crippen molar-refractivity contribution < 1.29 is 8.78 Å². The number of aromatic nitrogens is 2. The summed E-state index contributed by atoms with van der Waals surface area (Å²) >= 11 is 1.35. The third-order valence-corrected chi connectivity index (χ3v) is 3.69. The van der Waals surface area contributed by atoms with E-state index in [2.05, 4.69) is 9.97 Å². The van der Waals surface area contributed by atoms with Gasteiger partial charge in [0.15, 0.2) is 16.8 Å². The van der Waals surface area contributed by atoms with Crippen molar-refractivity contribution in [3.8, 4) is 0 Å².